The van der Waals surface area contributed by atoms with Crippen molar-refractivity contribution in [3.8, 4) is 0 Å². The average Bonchev–Trinajstić information content (AvgIpc) is 3.13. The van der Waals surface area contributed by atoms with Crippen molar-refractivity contribution in [2.75, 3.05) is 26.2 Å². The Labute approximate surface area is 177 Å². The number of amides is 1. The Hall–Kier alpha value is -3.11. The highest BCUT2D eigenvalue weighted by atomic mass is 16.2. The van der Waals surface area contributed by atoms with E-state index in [1.54, 1.807) is 0 Å². The lowest BCUT2D eigenvalue weighted by Crippen LogP contribution is -2.48. The van der Waals surface area contributed by atoms with Gasteiger partial charge in [0.2, 0.25) is 0 Å². The predicted molar refractivity (Wildman–Crippen MR) is 123 cm³/mol. The standard InChI is InChI=1S/C26H27N3O/c1-2-29-24-11-7-6-10-22(24)23-18-20(12-13-25(23)29)19-27-14-16-28(17-15-27)26(30)21-8-4-3-5-9-21/h3-13,18H,2,14-17,19H2,1H3. The van der Waals surface area contributed by atoms with Crippen LogP contribution in [0.4, 0.5) is 0 Å². The maximum absolute atomic E-state index is 12.7. The van der Waals surface area contributed by atoms with Gasteiger partial charge in [0.25, 0.3) is 5.91 Å². The van der Waals surface area contributed by atoms with Gasteiger partial charge < -0.3 is 9.47 Å². The molecule has 4 heteroatoms. The Morgan fingerprint density at radius 2 is 1.50 bits per heavy atom. The Bertz CT molecular complexity index is 1190. The number of para-hydroxylation sites is 1. The first-order valence-electron chi connectivity index (χ1n) is 10.8. The van der Waals surface area contributed by atoms with Gasteiger partial charge in [-0.1, -0.05) is 42.5 Å². The van der Waals surface area contributed by atoms with Crippen LogP contribution in [-0.4, -0.2) is 46.5 Å². The fraction of sp³-hybridized carbons (Fsp3) is 0.269. The van der Waals surface area contributed by atoms with E-state index in [-0.39, 0.29) is 5.91 Å². The van der Waals surface area contributed by atoms with E-state index >= 15 is 0 Å². The normalized spacial score (nSPS) is 15.2. The van der Waals surface area contributed by atoms with Crippen LogP contribution >= 0.6 is 0 Å². The van der Waals surface area contributed by atoms with Crippen molar-refractivity contribution in [1.29, 1.82) is 0 Å². The van der Waals surface area contributed by atoms with Gasteiger partial charge in [-0.05, 0) is 42.8 Å². The molecule has 2 heterocycles. The van der Waals surface area contributed by atoms with E-state index in [2.05, 4.69) is 58.9 Å². The van der Waals surface area contributed by atoms with Crippen molar-refractivity contribution in [2.45, 2.75) is 20.0 Å². The third-order valence-corrected chi connectivity index (χ3v) is 6.24. The minimum atomic E-state index is 0.143. The summed E-state index contributed by atoms with van der Waals surface area (Å²) in [5.74, 6) is 0.143. The fourth-order valence-electron chi connectivity index (χ4n) is 4.67. The highest BCUT2D eigenvalue weighted by Gasteiger charge is 2.22. The zero-order chi connectivity index (χ0) is 20.5. The highest BCUT2D eigenvalue weighted by Crippen LogP contribution is 2.30. The SMILES string of the molecule is CCn1c2ccccc2c2cc(CN3CCN(C(=O)c4ccccc4)CC3)ccc21. The Morgan fingerprint density at radius 1 is 0.800 bits per heavy atom. The molecule has 3 aromatic carbocycles. The molecule has 0 saturated carbocycles. The first kappa shape index (κ1) is 18.9. The molecule has 152 valence electrons. The van der Waals surface area contributed by atoms with Gasteiger partial charge in [0.05, 0.1) is 0 Å². The lowest BCUT2D eigenvalue weighted by atomic mass is 10.1. The molecule has 4 aromatic rings. The first-order chi connectivity index (χ1) is 14.7. The Balaban J connectivity index is 1.31. The molecular weight excluding hydrogens is 370 g/mol. The number of hydrogen-bond donors (Lipinski definition) is 0. The third kappa shape index (κ3) is 3.37. The third-order valence-electron chi connectivity index (χ3n) is 6.24. The van der Waals surface area contributed by atoms with Crippen LogP contribution in [0.3, 0.4) is 0 Å². The smallest absolute Gasteiger partial charge is 0.253 e. The summed E-state index contributed by atoms with van der Waals surface area (Å²) >= 11 is 0. The van der Waals surface area contributed by atoms with Crippen LogP contribution in [0.15, 0.2) is 72.8 Å². The maximum atomic E-state index is 12.7. The molecule has 1 aliphatic heterocycles. The lowest BCUT2D eigenvalue weighted by molar-refractivity contribution is 0.0628. The summed E-state index contributed by atoms with van der Waals surface area (Å²) in [6.45, 7) is 7.49. The number of carbonyl (C=O) groups excluding carboxylic acids is 1. The van der Waals surface area contributed by atoms with E-state index in [0.29, 0.717) is 0 Å². The molecule has 0 atom stereocenters. The Morgan fingerprint density at radius 3 is 2.27 bits per heavy atom. The van der Waals surface area contributed by atoms with Crippen LogP contribution in [0.5, 0.6) is 0 Å². The lowest BCUT2D eigenvalue weighted by Gasteiger charge is -2.34. The number of aryl methyl sites for hydroxylation is 1. The highest BCUT2D eigenvalue weighted by molar-refractivity contribution is 6.08. The molecule has 0 unspecified atom stereocenters. The minimum absolute atomic E-state index is 0.143. The van der Waals surface area contributed by atoms with Crippen molar-refractivity contribution >= 4 is 27.7 Å². The number of fused-ring (bicyclic) bond motifs is 3. The molecule has 1 fully saturated rings. The summed E-state index contributed by atoms with van der Waals surface area (Å²) in [4.78, 5) is 17.1. The topological polar surface area (TPSA) is 28.5 Å². The molecule has 5 rings (SSSR count). The van der Waals surface area contributed by atoms with Gasteiger partial charge in [0.15, 0.2) is 0 Å². The molecule has 1 aromatic heterocycles. The number of carbonyl (C=O) groups is 1. The number of benzene rings is 3. The largest absolute Gasteiger partial charge is 0.341 e. The maximum Gasteiger partial charge on any atom is 0.253 e. The molecule has 0 radical (unpaired) electrons. The summed E-state index contributed by atoms with van der Waals surface area (Å²) in [5, 5.41) is 2.66. The van der Waals surface area contributed by atoms with E-state index in [9.17, 15) is 4.79 Å². The van der Waals surface area contributed by atoms with Gasteiger partial charge in [-0.3, -0.25) is 9.69 Å². The van der Waals surface area contributed by atoms with Gasteiger partial charge in [-0.2, -0.15) is 0 Å². The van der Waals surface area contributed by atoms with E-state index in [0.717, 1.165) is 44.8 Å². The molecule has 0 N–H and O–H groups in total. The molecule has 1 amide bonds. The van der Waals surface area contributed by atoms with Crippen molar-refractivity contribution in [2.24, 2.45) is 0 Å². The zero-order valence-electron chi connectivity index (χ0n) is 17.4. The monoisotopic (exact) mass is 397 g/mol. The molecule has 4 nitrogen and oxygen atoms in total. The summed E-state index contributed by atoms with van der Waals surface area (Å²) in [5.41, 5.74) is 4.73. The molecule has 0 spiro atoms. The Kier molecular flexibility index (Phi) is 5.01. The van der Waals surface area contributed by atoms with Crippen LogP contribution < -0.4 is 0 Å². The summed E-state index contributed by atoms with van der Waals surface area (Å²) in [6, 6.07) is 25.1. The average molecular weight is 398 g/mol. The quantitative estimate of drug-likeness (QED) is 0.496. The van der Waals surface area contributed by atoms with Gasteiger partial charge in [-0.15, -0.1) is 0 Å². The number of nitrogens with zero attached hydrogens (tertiary/aromatic N) is 3. The number of piperazine rings is 1. The second-order valence-corrected chi connectivity index (χ2v) is 8.05. The number of hydrogen-bond acceptors (Lipinski definition) is 2. The predicted octanol–water partition coefficient (Wildman–Crippen LogP) is 4.77. The van der Waals surface area contributed by atoms with Gasteiger partial charge >= 0.3 is 0 Å². The van der Waals surface area contributed by atoms with Crippen molar-refractivity contribution in [3.05, 3.63) is 83.9 Å². The van der Waals surface area contributed by atoms with Crippen LogP contribution in [0, 0.1) is 0 Å². The number of aromatic nitrogens is 1. The zero-order valence-corrected chi connectivity index (χ0v) is 17.4. The summed E-state index contributed by atoms with van der Waals surface area (Å²) in [6.07, 6.45) is 0. The van der Waals surface area contributed by atoms with Crippen LogP contribution in [-0.2, 0) is 13.1 Å². The van der Waals surface area contributed by atoms with E-state index in [1.807, 2.05) is 35.2 Å². The van der Waals surface area contributed by atoms with Crippen LogP contribution in [0.25, 0.3) is 21.8 Å². The molecule has 30 heavy (non-hydrogen) atoms. The van der Waals surface area contributed by atoms with E-state index in [1.165, 1.54) is 27.4 Å². The van der Waals surface area contributed by atoms with Gasteiger partial charge in [0.1, 0.15) is 0 Å². The first-order valence-corrected chi connectivity index (χ1v) is 10.8. The molecule has 0 aliphatic carbocycles. The summed E-state index contributed by atoms with van der Waals surface area (Å²) < 4.78 is 2.39. The second kappa shape index (κ2) is 7.96. The van der Waals surface area contributed by atoms with Crippen molar-refractivity contribution in [3.63, 3.8) is 0 Å². The summed E-state index contributed by atoms with van der Waals surface area (Å²) in [7, 11) is 0. The van der Waals surface area contributed by atoms with Crippen molar-refractivity contribution in [1.82, 2.24) is 14.4 Å². The molecular formula is C26H27N3O. The molecule has 1 saturated heterocycles. The van der Waals surface area contributed by atoms with E-state index in [4.69, 9.17) is 0 Å². The second-order valence-electron chi connectivity index (χ2n) is 8.05. The van der Waals surface area contributed by atoms with Gasteiger partial charge in [-0.25, -0.2) is 0 Å². The minimum Gasteiger partial charge on any atom is -0.341 e. The molecule has 1 aliphatic rings. The van der Waals surface area contributed by atoms with Crippen LogP contribution in [0.2, 0.25) is 0 Å². The van der Waals surface area contributed by atoms with E-state index < -0.39 is 0 Å². The molecule has 0 bridgehead atoms. The fourth-order valence-corrected chi connectivity index (χ4v) is 4.67. The number of rotatable bonds is 4. The van der Waals surface area contributed by atoms with Crippen molar-refractivity contribution < 1.29 is 4.79 Å². The van der Waals surface area contributed by atoms with Gasteiger partial charge in [0, 0.05) is 66.6 Å². The van der Waals surface area contributed by atoms with Crippen LogP contribution in [0.1, 0.15) is 22.8 Å².